The van der Waals surface area contributed by atoms with E-state index < -0.39 is 31.2 Å². The van der Waals surface area contributed by atoms with Gasteiger partial charge >= 0.3 is 12.1 Å². The van der Waals surface area contributed by atoms with E-state index in [1.54, 1.807) is 12.1 Å². The first-order chi connectivity index (χ1) is 14.8. The third kappa shape index (κ3) is 6.37. The van der Waals surface area contributed by atoms with E-state index in [9.17, 15) is 22.8 Å². The standard InChI is InChI=1S/C20H18F3N5O3/c21-20(22,23)13-31-12-11-16(29)25-26-19(30)17-24-18(14-7-3-1-4-8-14)28(27-17)15-9-5-2-6-10-15/h1-10H,11-13H2,(H,25,29)(H,26,30). The van der Waals surface area contributed by atoms with Gasteiger partial charge in [-0.15, -0.1) is 5.10 Å². The quantitative estimate of drug-likeness (QED) is 0.441. The number of para-hydroxylation sites is 1. The molecule has 0 atom stereocenters. The monoisotopic (exact) mass is 433 g/mol. The van der Waals surface area contributed by atoms with Crippen LogP contribution >= 0.6 is 0 Å². The summed E-state index contributed by atoms with van der Waals surface area (Å²) in [6.45, 7) is -1.89. The molecule has 0 unspecified atom stereocenters. The summed E-state index contributed by atoms with van der Waals surface area (Å²) < 4.78 is 41.9. The SMILES string of the molecule is O=C(CCOCC(F)(F)F)NNC(=O)c1nc(-c2ccccc2)n(-c2ccccc2)n1. The zero-order valence-corrected chi connectivity index (χ0v) is 16.1. The number of amides is 2. The highest BCUT2D eigenvalue weighted by molar-refractivity contribution is 5.92. The first-order valence-corrected chi connectivity index (χ1v) is 9.15. The number of hydrogen-bond acceptors (Lipinski definition) is 5. The van der Waals surface area contributed by atoms with E-state index in [1.165, 1.54) is 4.68 Å². The van der Waals surface area contributed by atoms with Gasteiger partial charge in [-0.1, -0.05) is 48.5 Å². The largest absolute Gasteiger partial charge is 0.411 e. The average molecular weight is 433 g/mol. The highest BCUT2D eigenvalue weighted by atomic mass is 19.4. The van der Waals surface area contributed by atoms with Gasteiger partial charge in [0.2, 0.25) is 11.7 Å². The summed E-state index contributed by atoms with van der Waals surface area (Å²) in [5.74, 6) is -1.28. The molecule has 162 valence electrons. The number of nitrogens with one attached hydrogen (secondary N) is 2. The van der Waals surface area contributed by atoms with Crippen LogP contribution in [0.1, 0.15) is 17.0 Å². The minimum absolute atomic E-state index is 0.198. The lowest BCUT2D eigenvalue weighted by atomic mass is 10.2. The summed E-state index contributed by atoms with van der Waals surface area (Å²) in [6.07, 6.45) is -4.83. The maximum Gasteiger partial charge on any atom is 0.411 e. The summed E-state index contributed by atoms with van der Waals surface area (Å²) >= 11 is 0. The smallest absolute Gasteiger partial charge is 0.372 e. The van der Waals surface area contributed by atoms with Crippen LogP contribution in [-0.4, -0.2) is 46.0 Å². The fourth-order valence-electron chi connectivity index (χ4n) is 2.53. The molecule has 2 aromatic carbocycles. The predicted molar refractivity (Wildman–Crippen MR) is 104 cm³/mol. The summed E-state index contributed by atoms with van der Waals surface area (Å²) in [6, 6.07) is 18.2. The lowest BCUT2D eigenvalue weighted by molar-refractivity contribution is -0.174. The number of aromatic nitrogens is 3. The molecule has 2 N–H and O–H groups in total. The van der Waals surface area contributed by atoms with Crippen LogP contribution in [0.15, 0.2) is 60.7 Å². The van der Waals surface area contributed by atoms with Crippen LogP contribution in [0.5, 0.6) is 0 Å². The maximum atomic E-state index is 12.4. The van der Waals surface area contributed by atoms with Gasteiger partial charge in [-0.05, 0) is 12.1 Å². The Balaban J connectivity index is 1.66. The number of carbonyl (C=O) groups is 2. The Hall–Kier alpha value is -3.73. The molecule has 3 rings (SSSR count). The molecule has 8 nitrogen and oxygen atoms in total. The average Bonchev–Trinajstić information content (AvgIpc) is 3.21. The Morgan fingerprint density at radius 3 is 2.26 bits per heavy atom. The van der Waals surface area contributed by atoms with Crippen LogP contribution in [0.3, 0.4) is 0 Å². The molecule has 0 saturated heterocycles. The van der Waals surface area contributed by atoms with Gasteiger partial charge in [-0.3, -0.25) is 20.4 Å². The third-order valence-electron chi connectivity index (χ3n) is 3.90. The molecule has 0 radical (unpaired) electrons. The highest BCUT2D eigenvalue weighted by Gasteiger charge is 2.27. The van der Waals surface area contributed by atoms with Crippen molar-refractivity contribution in [2.24, 2.45) is 0 Å². The minimum Gasteiger partial charge on any atom is -0.372 e. The molecule has 1 heterocycles. The first kappa shape index (κ1) is 22.0. The van der Waals surface area contributed by atoms with E-state index in [1.807, 2.05) is 48.5 Å². The molecule has 1 aromatic heterocycles. The van der Waals surface area contributed by atoms with E-state index in [0.717, 1.165) is 5.56 Å². The lowest BCUT2D eigenvalue weighted by Gasteiger charge is -2.08. The van der Waals surface area contributed by atoms with Gasteiger partial charge in [-0.25, -0.2) is 9.67 Å². The van der Waals surface area contributed by atoms with Gasteiger partial charge in [-0.2, -0.15) is 13.2 Å². The molecular weight excluding hydrogens is 415 g/mol. The molecule has 0 aliphatic heterocycles. The maximum absolute atomic E-state index is 12.4. The van der Waals surface area contributed by atoms with Crippen molar-refractivity contribution >= 4 is 11.8 Å². The Morgan fingerprint density at radius 2 is 1.61 bits per heavy atom. The first-order valence-electron chi connectivity index (χ1n) is 9.15. The Kier molecular flexibility index (Phi) is 6.98. The van der Waals surface area contributed by atoms with Crippen LogP contribution < -0.4 is 10.9 Å². The molecule has 0 saturated carbocycles. The van der Waals surface area contributed by atoms with Crippen molar-refractivity contribution in [3.63, 3.8) is 0 Å². The van der Waals surface area contributed by atoms with Crippen LogP contribution in [0.25, 0.3) is 17.1 Å². The molecule has 31 heavy (non-hydrogen) atoms. The normalized spacial score (nSPS) is 11.2. The zero-order chi connectivity index (χ0) is 22.3. The number of hydrogen-bond donors (Lipinski definition) is 2. The van der Waals surface area contributed by atoms with E-state index in [0.29, 0.717) is 11.5 Å². The van der Waals surface area contributed by atoms with Crippen molar-refractivity contribution in [3.8, 4) is 17.1 Å². The number of rotatable bonds is 7. The summed E-state index contributed by atoms with van der Waals surface area (Å²) in [4.78, 5) is 28.4. The second-order valence-electron chi connectivity index (χ2n) is 6.29. The van der Waals surface area contributed by atoms with Crippen molar-refractivity contribution in [2.45, 2.75) is 12.6 Å². The van der Waals surface area contributed by atoms with Crippen molar-refractivity contribution in [2.75, 3.05) is 13.2 Å². The van der Waals surface area contributed by atoms with E-state index >= 15 is 0 Å². The molecule has 0 aliphatic carbocycles. The molecule has 2 amide bonds. The number of benzene rings is 2. The van der Waals surface area contributed by atoms with Gasteiger partial charge < -0.3 is 4.74 Å². The van der Waals surface area contributed by atoms with Crippen molar-refractivity contribution in [1.82, 2.24) is 25.6 Å². The topological polar surface area (TPSA) is 98.1 Å². The van der Waals surface area contributed by atoms with Crippen LogP contribution in [0.4, 0.5) is 13.2 Å². The number of alkyl halides is 3. The molecule has 11 heteroatoms. The van der Waals surface area contributed by atoms with Crippen LogP contribution in [0, 0.1) is 0 Å². The highest BCUT2D eigenvalue weighted by Crippen LogP contribution is 2.21. The summed E-state index contributed by atoms with van der Waals surface area (Å²) in [7, 11) is 0. The second kappa shape index (κ2) is 9.85. The predicted octanol–water partition coefficient (Wildman–Crippen LogP) is 2.66. The number of ether oxygens (including phenoxy) is 1. The van der Waals surface area contributed by atoms with E-state index in [4.69, 9.17) is 0 Å². The number of nitrogens with zero attached hydrogens (tertiary/aromatic N) is 3. The fourth-order valence-corrected chi connectivity index (χ4v) is 2.53. The molecule has 0 bridgehead atoms. The summed E-state index contributed by atoms with van der Waals surface area (Å²) in [5.41, 5.74) is 5.65. The van der Waals surface area contributed by atoms with Crippen LogP contribution in [0.2, 0.25) is 0 Å². The van der Waals surface area contributed by atoms with E-state index in [2.05, 4.69) is 25.7 Å². The lowest BCUT2D eigenvalue weighted by Crippen LogP contribution is -2.42. The molecule has 0 aliphatic rings. The Labute approximate surface area is 175 Å². The van der Waals surface area contributed by atoms with Gasteiger partial charge in [0.15, 0.2) is 5.82 Å². The van der Waals surface area contributed by atoms with Crippen molar-refractivity contribution in [1.29, 1.82) is 0 Å². The van der Waals surface area contributed by atoms with Crippen LogP contribution in [-0.2, 0) is 9.53 Å². The van der Waals surface area contributed by atoms with Gasteiger partial charge in [0, 0.05) is 5.56 Å². The Morgan fingerprint density at radius 1 is 0.968 bits per heavy atom. The number of halogens is 3. The molecule has 3 aromatic rings. The summed E-state index contributed by atoms with van der Waals surface area (Å²) in [5, 5.41) is 4.23. The van der Waals surface area contributed by atoms with Gasteiger partial charge in [0.25, 0.3) is 0 Å². The zero-order valence-electron chi connectivity index (χ0n) is 16.1. The van der Waals surface area contributed by atoms with E-state index in [-0.39, 0.29) is 12.2 Å². The fraction of sp³-hybridized carbons (Fsp3) is 0.200. The second-order valence-corrected chi connectivity index (χ2v) is 6.29. The third-order valence-corrected chi connectivity index (χ3v) is 3.90. The molecule has 0 spiro atoms. The Bertz CT molecular complexity index is 967. The molecular formula is C20H18F3N5O3. The number of carbonyl (C=O) groups excluding carboxylic acids is 2. The minimum atomic E-state index is -4.47. The van der Waals surface area contributed by atoms with Gasteiger partial charge in [0.05, 0.1) is 18.7 Å². The number of hydrazine groups is 1. The van der Waals surface area contributed by atoms with Crippen molar-refractivity contribution < 1.29 is 27.5 Å². The van der Waals surface area contributed by atoms with Crippen molar-refractivity contribution in [3.05, 3.63) is 66.5 Å². The van der Waals surface area contributed by atoms with Gasteiger partial charge in [0.1, 0.15) is 6.61 Å². The molecule has 0 fully saturated rings.